The minimum absolute atomic E-state index is 0.0137. The van der Waals surface area contributed by atoms with Gasteiger partial charge in [0.05, 0.1) is 5.92 Å². The molecule has 2 heterocycles. The number of urea groups is 1. The van der Waals surface area contributed by atoms with Crippen molar-refractivity contribution in [1.82, 2.24) is 9.80 Å². The van der Waals surface area contributed by atoms with Gasteiger partial charge in [-0.2, -0.15) is 0 Å². The molecule has 4 rings (SSSR count). The fourth-order valence-electron chi connectivity index (χ4n) is 4.55. The number of hydrogen-bond acceptors (Lipinski definition) is 5. The second-order valence-electron chi connectivity index (χ2n) is 9.23. The second kappa shape index (κ2) is 8.07. The number of furan rings is 1. The summed E-state index contributed by atoms with van der Waals surface area (Å²) < 4.78 is 5.95. The van der Waals surface area contributed by atoms with Crippen molar-refractivity contribution < 1.29 is 28.7 Å². The van der Waals surface area contributed by atoms with E-state index in [0.29, 0.717) is 11.1 Å². The third-order valence-corrected chi connectivity index (χ3v) is 6.89. The molecule has 8 heteroatoms. The van der Waals surface area contributed by atoms with Gasteiger partial charge in [0.25, 0.3) is 5.91 Å². The van der Waals surface area contributed by atoms with Crippen LogP contribution in [-0.4, -0.2) is 57.7 Å². The summed E-state index contributed by atoms with van der Waals surface area (Å²) in [6.45, 7) is 3.25. The lowest BCUT2D eigenvalue weighted by Crippen LogP contribution is -2.41. The first-order chi connectivity index (χ1) is 15.1. The number of imide groups is 1. The van der Waals surface area contributed by atoms with E-state index in [9.17, 15) is 24.3 Å². The molecule has 32 heavy (non-hydrogen) atoms. The smallest absolute Gasteiger partial charge is 0.327 e. The molecular formula is C24H28N2O6. The number of aryl methyl sites for hydroxylation is 2. The highest BCUT2D eigenvalue weighted by atomic mass is 16.4. The average molecular weight is 440 g/mol. The fourth-order valence-corrected chi connectivity index (χ4v) is 4.55. The lowest BCUT2D eigenvalue weighted by atomic mass is 9.93. The van der Waals surface area contributed by atoms with Crippen LogP contribution in [0.1, 0.15) is 61.2 Å². The minimum Gasteiger partial charge on any atom is -0.481 e. The zero-order valence-electron chi connectivity index (χ0n) is 18.6. The first-order valence-corrected chi connectivity index (χ1v) is 11.0. The van der Waals surface area contributed by atoms with Gasteiger partial charge in [0.2, 0.25) is 0 Å². The highest BCUT2D eigenvalue weighted by Gasteiger charge is 2.49. The summed E-state index contributed by atoms with van der Waals surface area (Å²) in [5.41, 5.74) is 1.31. The van der Waals surface area contributed by atoms with Gasteiger partial charge in [-0.25, -0.2) is 4.79 Å². The van der Waals surface area contributed by atoms with Crippen molar-refractivity contribution in [3.63, 3.8) is 0 Å². The lowest BCUT2D eigenvalue weighted by Gasteiger charge is -2.22. The van der Waals surface area contributed by atoms with Gasteiger partial charge in [0.1, 0.15) is 16.9 Å². The number of ketones is 1. The predicted molar refractivity (Wildman–Crippen MR) is 116 cm³/mol. The van der Waals surface area contributed by atoms with E-state index >= 15 is 0 Å². The standard InChI is InChI=1S/C24H28N2O6/c1-24(2)22(30)26(23(31)25(24)3)11-10-15(21(28)29)12-18(27)14-8-9-17-16-6-4-5-7-19(16)32-20(17)13-14/h8-9,13,15H,4-7,10-12H2,1-3H3,(H,28,29). The van der Waals surface area contributed by atoms with Crippen LogP contribution in [0.25, 0.3) is 11.0 Å². The number of rotatable bonds is 7. The zero-order valence-corrected chi connectivity index (χ0v) is 18.6. The van der Waals surface area contributed by atoms with Crippen molar-refractivity contribution in [2.45, 2.75) is 57.9 Å². The highest BCUT2D eigenvalue weighted by molar-refractivity contribution is 6.06. The number of aliphatic carboxylic acids is 1. The first kappa shape index (κ1) is 22.0. The van der Waals surface area contributed by atoms with Crippen LogP contribution < -0.4 is 0 Å². The van der Waals surface area contributed by atoms with Crippen LogP contribution in [0.4, 0.5) is 4.79 Å². The Morgan fingerprint density at radius 1 is 1.19 bits per heavy atom. The molecule has 1 aliphatic heterocycles. The summed E-state index contributed by atoms with van der Waals surface area (Å²) >= 11 is 0. The van der Waals surface area contributed by atoms with Gasteiger partial charge >= 0.3 is 12.0 Å². The molecule has 1 aromatic carbocycles. The van der Waals surface area contributed by atoms with Crippen molar-refractivity contribution in [3.05, 3.63) is 35.1 Å². The van der Waals surface area contributed by atoms with Crippen LogP contribution >= 0.6 is 0 Å². The molecule has 1 N–H and O–H groups in total. The summed E-state index contributed by atoms with van der Waals surface area (Å²) in [7, 11) is 1.54. The van der Waals surface area contributed by atoms with Gasteiger partial charge in [0, 0.05) is 42.9 Å². The number of carbonyl (C=O) groups excluding carboxylic acids is 3. The first-order valence-electron chi connectivity index (χ1n) is 11.0. The number of carboxylic acid groups (broad SMARTS) is 1. The van der Waals surface area contributed by atoms with Crippen molar-refractivity contribution >= 4 is 34.7 Å². The lowest BCUT2D eigenvalue weighted by molar-refractivity contribution is -0.142. The molecule has 0 radical (unpaired) electrons. The van der Waals surface area contributed by atoms with Crippen molar-refractivity contribution in [1.29, 1.82) is 0 Å². The number of carboxylic acids is 1. The molecule has 1 aromatic heterocycles. The summed E-state index contributed by atoms with van der Waals surface area (Å²) in [6.07, 6.45) is 3.88. The van der Waals surface area contributed by atoms with E-state index in [-0.39, 0.29) is 31.1 Å². The van der Waals surface area contributed by atoms with Gasteiger partial charge in [-0.05, 0) is 45.6 Å². The maximum absolute atomic E-state index is 12.9. The quantitative estimate of drug-likeness (QED) is 0.520. The normalized spacial score (nSPS) is 18.8. The molecule has 0 bridgehead atoms. The molecule has 3 amide bonds. The molecular weight excluding hydrogens is 412 g/mol. The SMILES string of the molecule is CN1C(=O)N(CCC(CC(=O)c2ccc3c4c(oc3c2)CCCC4)C(=O)O)C(=O)C1(C)C. The molecule has 1 aliphatic carbocycles. The number of benzene rings is 1. The average Bonchev–Trinajstić information content (AvgIpc) is 3.20. The second-order valence-corrected chi connectivity index (χ2v) is 9.23. The molecule has 1 unspecified atom stereocenters. The Morgan fingerprint density at radius 2 is 1.91 bits per heavy atom. The van der Waals surface area contributed by atoms with Crippen molar-refractivity contribution in [2.75, 3.05) is 13.6 Å². The Kier molecular flexibility index (Phi) is 5.56. The molecule has 1 saturated heterocycles. The molecule has 8 nitrogen and oxygen atoms in total. The monoisotopic (exact) mass is 440 g/mol. The number of amides is 3. The summed E-state index contributed by atoms with van der Waals surface area (Å²) in [5, 5.41) is 10.7. The van der Waals surface area contributed by atoms with E-state index in [1.807, 2.05) is 6.07 Å². The maximum atomic E-state index is 12.9. The number of fused-ring (bicyclic) bond motifs is 3. The van der Waals surface area contributed by atoms with Crippen LogP contribution in [0.3, 0.4) is 0 Å². The summed E-state index contributed by atoms with van der Waals surface area (Å²) in [6, 6.07) is 4.84. The Hall–Kier alpha value is -3.16. The van der Waals surface area contributed by atoms with E-state index in [1.54, 1.807) is 33.0 Å². The summed E-state index contributed by atoms with van der Waals surface area (Å²) in [5.74, 6) is -1.82. The Labute approximate surface area is 186 Å². The van der Waals surface area contributed by atoms with Gasteiger partial charge in [-0.3, -0.25) is 19.3 Å². The maximum Gasteiger partial charge on any atom is 0.327 e. The molecule has 2 aliphatic rings. The Morgan fingerprint density at radius 3 is 2.56 bits per heavy atom. The third kappa shape index (κ3) is 3.67. The van der Waals surface area contributed by atoms with E-state index < -0.39 is 23.5 Å². The van der Waals surface area contributed by atoms with Crippen LogP contribution in [0.15, 0.2) is 22.6 Å². The van der Waals surface area contributed by atoms with Gasteiger partial charge in [0.15, 0.2) is 5.78 Å². The van der Waals surface area contributed by atoms with Crippen molar-refractivity contribution in [2.24, 2.45) is 5.92 Å². The minimum atomic E-state index is -1.13. The van der Waals surface area contributed by atoms with Crippen molar-refractivity contribution in [3.8, 4) is 0 Å². The van der Waals surface area contributed by atoms with Crippen LogP contribution in [0.2, 0.25) is 0 Å². The Bertz CT molecular complexity index is 1120. The Balaban J connectivity index is 1.46. The number of carbonyl (C=O) groups is 4. The molecule has 1 fully saturated rings. The molecule has 1 atom stereocenters. The van der Waals surface area contributed by atoms with E-state index in [4.69, 9.17) is 4.42 Å². The predicted octanol–water partition coefficient (Wildman–Crippen LogP) is 3.65. The number of hydrogen-bond donors (Lipinski definition) is 1. The number of nitrogens with zero attached hydrogens (tertiary/aromatic N) is 2. The van der Waals surface area contributed by atoms with Crippen LogP contribution in [-0.2, 0) is 22.4 Å². The van der Waals surface area contributed by atoms with Gasteiger partial charge < -0.3 is 14.4 Å². The largest absolute Gasteiger partial charge is 0.481 e. The molecule has 2 aromatic rings. The fraction of sp³-hybridized carbons (Fsp3) is 0.500. The topological polar surface area (TPSA) is 108 Å². The number of Topliss-reactive ketones (excluding diaryl/α,β-unsaturated/α-hetero) is 1. The van der Waals surface area contributed by atoms with E-state index in [1.165, 1.54) is 10.5 Å². The molecule has 0 saturated carbocycles. The van der Waals surface area contributed by atoms with Gasteiger partial charge in [-0.1, -0.05) is 12.1 Å². The van der Waals surface area contributed by atoms with E-state index in [0.717, 1.165) is 41.7 Å². The zero-order chi connectivity index (χ0) is 23.2. The number of likely N-dealkylation sites (N-methyl/N-ethyl adjacent to an activating group) is 1. The van der Waals surface area contributed by atoms with Gasteiger partial charge in [-0.15, -0.1) is 0 Å². The van der Waals surface area contributed by atoms with Crippen LogP contribution in [0.5, 0.6) is 0 Å². The molecule has 170 valence electrons. The van der Waals surface area contributed by atoms with E-state index in [2.05, 4.69) is 0 Å². The highest BCUT2D eigenvalue weighted by Crippen LogP contribution is 2.33. The van der Waals surface area contributed by atoms with Crippen LogP contribution in [0, 0.1) is 5.92 Å². The summed E-state index contributed by atoms with van der Waals surface area (Å²) in [4.78, 5) is 52.0. The third-order valence-electron chi connectivity index (χ3n) is 6.89. The molecule has 0 spiro atoms.